The van der Waals surface area contributed by atoms with E-state index in [4.69, 9.17) is 5.11 Å². The van der Waals surface area contributed by atoms with Gasteiger partial charge in [0, 0.05) is 18.7 Å². The molecule has 3 rings (SSSR count). The van der Waals surface area contributed by atoms with Crippen molar-refractivity contribution in [1.82, 2.24) is 14.7 Å². The van der Waals surface area contributed by atoms with E-state index in [-0.39, 0.29) is 30.3 Å². The lowest BCUT2D eigenvalue weighted by molar-refractivity contribution is -0.160. The first kappa shape index (κ1) is 18.0. The lowest BCUT2D eigenvalue weighted by Gasteiger charge is -2.34. The zero-order valence-electron chi connectivity index (χ0n) is 14.2. The fraction of sp³-hybridized carbons (Fsp3) is 0.389. The fourth-order valence-corrected chi connectivity index (χ4v) is 3.28. The third-order valence-corrected chi connectivity index (χ3v) is 4.78. The molecular formula is C18H19F2N3O3. The number of halogens is 2. The van der Waals surface area contributed by atoms with Gasteiger partial charge in [-0.3, -0.25) is 9.48 Å². The fourth-order valence-electron chi connectivity index (χ4n) is 3.28. The summed E-state index contributed by atoms with van der Waals surface area (Å²) in [4.78, 5) is 24.6. The van der Waals surface area contributed by atoms with Gasteiger partial charge in [-0.1, -0.05) is 30.3 Å². The third-order valence-electron chi connectivity index (χ3n) is 4.78. The molecule has 1 fully saturated rings. The number of amides is 1. The maximum atomic E-state index is 14.4. The zero-order valence-corrected chi connectivity index (χ0v) is 14.2. The highest BCUT2D eigenvalue weighted by Crippen LogP contribution is 2.33. The average Bonchev–Trinajstić information content (AvgIpc) is 3.03. The molecule has 0 aliphatic carbocycles. The molecule has 0 bridgehead atoms. The van der Waals surface area contributed by atoms with Crippen LogP contribution in [0, 0.1) is 6.92 Å². The molecule has 2 heterocycles. The number of piperidine rings is 1. The summed E-state index contributed by atoms with van der Waals surface area (Å²) in [5.41, 5.74) is 0.331. The molecule has 0 saturated carbocycles. The van der Waals surface area contributed by atoms with Gasteiger partial charge in [0.25, 0.3) is 5.91 Å². The Morgan fingerprint density at radius 3 is 2.35 bits per heavy atom. The lowest BCUT2D eigenvalue weighted by atomic mass is 10.0. The van der Waals surface area contributed by atoms with E-state index in [1.54, 1.807) is 17.7 Å². The Morgan fingerprint density at radius 1 is 1.19 bits per heavy atom. The SMILES string of the molecule is Cc1c(C(=O)O)cnn1C1CCN(C(=O)C(F)(F)c2ccccc2)CC1. The van der Waals surface area contributed by atoms with Gasteiger partial charge in [0.15, 0.2) is 0 Å². The predicted molar refractivity (Wildman–Crippen MR) is 89.1 cm³/mol. The summed E-state index contributed by atoms with van der Waals surface area (Å²) in [6.45, 7) is 2.01. The number of aromatic nitrogens is 2. The van der Waals surface area contributed by atoms with Crippen LogP contribution in [0.4, 0.5) is 8.78 Å². The highest BCUT2D eigenvalue weighted by molar-refractivity contribution is 5.88. The van der Waals surface area contributed by atoms with E-state index in [9.17, 15) is 18.4 Å². The molecule has 1 aliphatic rings. The second-order valence-electron chi connectivity index (χ2n) is 6.36. The quantitative estimate of drug-likeness (QED) is 0.906. The number of benzene rings is 1. The van der Waals surface area contributed by atoms with Crippen molar-refractivity contribution in [2.45, 2.75) is 31.7 Å². The van der Waals surface area contributed by atoms with Gasteiger partial charge in [-0.15, -0.1) is 0 Å². The minimum atomic E-state index is -3.56. The Hall–Kier alpha value is -2.77. The van der Waals surface area contributed by atoms with Crippen LogP contribution in [-0.2, 0) is 10.7 Å². The Bertz CT molecular complexity index is 812. The van der Waals surface area contributed by atoms with Crippen LogP contribution in [0.15, 0.2) is 36.5 Å². The van der Waals surface area contributed by atoms with Crippen LogP contribution in [0.25, 0.3) is 0 Å². The van der Waals surface area contributed by atoms with Crippen molar-refractivity contribution in [1.29, 1.82) is 0 Å². The molecule has 2 aromatic rings. The maximum Gasteiger partial charge on any atom is 0.349 e. The van der Waals surface area contributed by atoms with Gasteiger partial charge in [-0.2, -0.15) is 13.9 Å². The van der Waals surface area contributed by atoms with E-state index in [1.165, 1.54) is 35.4 Å². The molecule has 0 atom stereocenters. The van der Waals surface area contributed by atoms with E-state index in [0.717, 1.165) is 0 Å². The summed E-state index contributed by atoms with van der Waals surface area (Å²) in [6, 6.07) is 6.94. The average molecular weight is 363 g/mol. The summed E-state index contributed by atoms with van der Waals surface area (Å²) in [7, 11) is 0. The molecule has 0 spiro atoms. The number of rotatable bonds is 4. The smallest absolute Gasteiger partial charge is 0.349 e. The number of nitrogens with zero attached hydrogens (tertiary/aromatic N) is 3. The number of hydrogen-bond acceptors (Lipinski definition) is 3. The highest BCUT2D eigenvalue weighted by Gasteiger charge is 2.44. The molecule has 6 nitrogen and oxygen atoms in total. The number of carboxylic acid groups (broad SMARTS) is 1. The number of alkyl halides is 2. The Morgan fingerprint density at radius 2 is 1.81 bits per heavy atom. The highest BCUT2D eigenvalue weighted by atomic mass is 19.3. The predicted octanol–water partition coefficient (Wildman–Crippen LogP) is 2.85. The van der Waals surface area contributed by atoms with E-state index in [2.05, 4.69) is 5.10 Å². The molecule has 8 heteroatoms. The first-order valence-electron chi connectivity index (χ1n) is 8.32. The molecule has 1 aromatic heterocycles. The van der Waals surface area contributed by atoms with Crippen molar-refractivity contribution >= 4 is 11.9 Å². The van der Waals surface area contributed by atoms with E-state index < -0.39 is 17.8 Å². The largest absolute Gasteiger partial charge is 0.478 e. The van der Waals surface area contributed by atoms with Crippen molar-refractivity contribution in [2.24, 2.45) is 0 Å². The number of hydrogen-bond donors (Lipinski definition) is 1. The molecule has 1 aromatic carbocycles. The van der Waals surface area contributed by atoms with Gasteiger partial charge in [0.1, 0.15) is 5.56 Å². The van der Waals surface area contributed by atoms with E-state index in [1.807, 2.05) is 0 Å². The molecule has 26 heavy (non-hydrogen) atoms. The van der Waals surface area contributed by atoms with E-state index in [0.29, 0.717) is 18.5 Å². The monoisotopic (exact) mass is 363 g/mol. The summed E-state index contributed by atoms with van der Waals surface area (Å²) < 4.78 is 30.5. The minimum absolute atomic E-state index is 0.113. The van der Waals surface area contributed by atoms with Gasteiger partial charge in [0.2, 0.25) is 0 Å². The number of carbonyl (C=O) groups is 2. The maximum absolute atomic E-state index is 14.4. The van der Waals surface area contributed by atoms with Crippen LogP contribution in [0.5, 0.6) is 0 Å². The van der Waals surface area contributed by atoms with Gasteiger partial charge in [-0.25, -0.2) is 4.79 Å². The van der Waals surface area contributed by atoms with Crippen LogP contribution in [0.3, 0.4) is 0 Å². The molecule has 138 valence electrons. The molecule has 0 unspecified atom stereocenters. The van der Waals surface area contributed by atoms with Gasteiger partial charge >= 0.3 is 11.9 Å². The van der Waals surface area contributed by atoms with Gasteiger partial charge in [-0.05, 0) is 19.8 Å². The first-order valence-corrected chi connectivity index (χ1v) is 8.32. The van der Waals surface area contributed by atoms with Crippen molar-refractivity contribution in [2.75, 3.05) is 13.1 Å². The molecule has 0 radical (unpaired) electrons. The van der Waals surface area contributed by atoms with Crippen molar-refractivity contribution in [3.8, 4) is 0 Å². The van der Waals surface area contributed by atoms with Crippen LogP contribution in [-0.4, -0.2) is 44.8 Å². The molecule has 1 saturated heterocycles. The number of carboxylic acids is 1. The first-order chi connectivity index (χ1) is 12.3. The molecular weight excluding hydrogens is 344 g/mol. The standard InChI is InChI=1S/C18H19F2N3O3/c1-12-15(16(24)25)11-21-23(12)14-7-9-22(10-8-14)17(26)18(19,20)13-5-3-2-4-6-13/h2-6,11,14H,7-10H2,1H3,(H,24,25). The zero-order chi connectivity index (χ0) is 18.9. The third kappa shape index (κ3) is 3.18. The van der Waals surface area contributed by atoms with Crippen LogP contribution < -0.4 is 0 Å². The Labute approximate surface area is 149 Å². The number of likely N-dealkylation sites (tertiary alicyclic amines) is 1. The Kier molecular flexibility index (Phi) is 4.76. The normalized spacial score (nSPS) is 15.9. The number of carbonyl (C=O) groups excluding carboxylic acids is 1. The van der Waals surface area contributed by atoms with Crippen LogP contribution in [0.2, 0.25) is 0 Å². The number of aromatic carboxylic acids is 1. The van der Waals surface area contributed by atoms with Gasteiger partial charge in [0.05, 0.1) is 17.9 Å². The van der Waals surface area contributed by atoms with Crippen molar-refractivity contribution < 1.29 is 23.5 Å². The summed E-state index contributed by atoms with van der Waals surface area (Å²) >= 11 is 0. The second kappa shape index (κ2) is 6.86. The van der Waals surface area contributed by atoms with Crippen LogP contribution >= 0.6 is 0 Å². The lowest BCUT2D eigenvalue weighted by Crippen LogP contribution is -2.46. The molecule has 1 aliphatic heterocycles. The van der Waals surface area contributed by atoms with Crippen molar-refractivity contribution in [3.05, 3.63) is 53.3 Å². The van der Waals surface area contributed by atoms with Gasteiger partial charge < -0.3 is 10.0 Å². The molecule has 1 N–H and O–H groups in total. The summed E-state index contributed by atoms with van der Waals surface area (Å²) in [6.07, 6.45) is 2.18. The molecule has 1 amide bonds. The van der Waals surface area contributed by atoms with Crippen LogP contribution in [0.1, 0.15) is 40.5 Å². The summed E-state index contributed by atoms with van der Waals surface area (Å²) in [5, 5.41) is 13.2. The second-order valence-corrected chi connectivity index (χ2v) is 6.36. The summed E-state index contributed by atoms with van der Waals surface area (Å²) in [5.74, 6) is -5.82. The topological polar surface area (TPSA) is 75.4 Å². The Balaban J connectivity index is 1.69. The van der Waals surface area contributed by atoms with E-state index >= 15 is 0 Å². The van der Waals surface area contributed by atoms with Crippen molar-refractivity contribution in [3.63, 3.8) is 0 Å². The minimum Gasteiger partial charge on any atom is -0.478 e.